The maximum Gasteiger partial charge on any atom is 0.149 e. The lowest BCUT2D eigenvalue weighted by Crippen LogP contribution is -2.02. The number of hydrogen-bond acceptors (Lipinski definition) is 2. The van der Waals surface area contributed by atoms with Gasteiger partial charge in [0.2, 0.25) is 0 Å². The lowest BCUT2D eigenvalue weighted by Gasteiger charge is -2.18. The zero-order valence-electron chi connectivity index (χ0n) is 26.7. The van der Waals surface area contributed by atoms with Gasteiger partial charge in [-0.2, -0.15) is 0 Å². The number of para-hydroxylation sites is 1. The van der Waals surface area contributed by atoms with E-state index >= 15 is 0 Å². The van der Waals surface area contributed by atoms with Crippen LogP contribution in [0.2, 0.25) is 0 Å². The van der Waals surface area contributed by atoms with Gasteiger partial charge in [-0.05, 0) is 52.1 Å². The molecular formula is C46H30N2O. The molecule has 0 atom stereocenters. The molecule has 230 valence electrons. The van der Waals surface area contributed by atoms with Crippen molar-refractivity contribution in [3.63, 3.8) is 0 Å². The molecule has 49 heavy (non-hydrogen) atoms. The Morgan fingerprint density at radius 1 is 0.490 bits per heavy atom. The molecule has 0 saturated heterocycles. The molecule has 0 radical (unpaired) electrons. The summed E-state index contributed by atoms with van der Waals surface area (Å²) in [6.45, 7) is 0. The van der Waals surface area contributed by atoms with Crippen LogP contribution in [0.4, 0.5) is 0 Å². The van der Waals surface area contributed by atoms with E-state index in [0.717, 1.165) is 73.0 Å². The highest BCUT2D eigenvalue weighted by atomic mass is 16.3. The number of furan rings is 1. The molecule has 0 bridgehead atoms. The molecule has 0 amide bonds. The van der Waals surface area contributed by atoms with Gasteiger partial charge < -0.3 is 4.42 Å². The van der Waals surface area contributed by atoms with Crippen molar-refractivity contribution in [2.45, 2.75) is 6.42 Å². The van der Waals surface area contributed by atoms with Gasteiger partial charge in [-0.15, -0.1) is 0 Å². The standard InChI is InChI=1S/C46H30N2O/c1-3-12-30(13-4-1)28-31-22-25-38-39-20-11-21-40(45(39)49-42(38)29-31)46-47-43-35-18-9-7-16-33(35)24-27-41(43)48(46)44-36-19-10-8-17-34(36)23-26-37(44)32-14-5-2-6-15-32/h1-27,29H,28H2. The predicted octanol–water partition coefficient (Wildman–Crippen LogP) is 12.2. The summed E-state index contributed by atoms with van der Waals surface area (Å²) < 4.78 is 9.21. The second-order valence-electron chi connectivity index (χ2n) is 12.8. The lowest BCUT2D eigenvalue weighted by molar-refractivity contribution is 0.669. The highest BCUT2D eigenvalue weighted by Crippen LogP contribution is 2.43. The van der Waals surface area contributed by atoms with Crippen LogP contribution in [0.15, 0.2) is 174 Å². The van der Waals surface area contributed by atoms with Crippen LogP contribution in [-0.4, -0.2) is 9.55 Å². The largest absolute Gasteiger partial charge is 0.455 e. The number of imidazole rings is 1. The van der Waals surface area contributed by atoms with E-state index in [-0.39, 0.29) is 0 Å². The first-order valence-electron chi connectivity index (χ1n) is 16.8. The Morgan fingerprint density at radius 2 is 1.18 bits per heavy atom. The van der Waals surface area contributed by atoms with Gasteiger partial charge in [0.1, 0.15) is 17.0 Å². The average molecular weight is 627 g/mol. The van der Waals surface area contributed by atoms with Gasteiger partial charge in [0.15, 0.2) is 0 Å². The van der Waals surface area contributed by atoms with Crippen molar-refractivity contribution in [3.05, 3.63) is 181 Å². The van der Waals surface area contributed by atoms with Crippen molar-refractivity contribution in [3.8, 4) is 28.2 Å². The molecule has 0 aliphatic carbocycles. The van der Waals surface area contributed by atoms with E-state index < -0.39 is 0 Å². The van der Waals surface area contributed by atoms with Crippen molar-refractivity contribution < 1.29 is 4.42 Å². The van der Waals surface area contributed by atoms with Gasteiger partial charge in [0.25, 0.3) is 0 Å². The molecule has 0 N–H and O–H groups in total. The number of benzene rings is 8. The summed E-state index contributed by atoms with van der Waals surface area (Å²) in [4.78, 5) is 5.53. The summed E-state index contributed by atoms with van der Waals surface area (Å²) in [6.07, 6.45) is 0.854. The average Bonchev–Trinajstić information content (AvgIpc) is 3.74. The molecule has 0 aliphatic heterocycles. The van der Waals surface area contributed by atoms with Gasteiger partial charge in [0, 0.05) is 27.1 Å². The molecular weight excluding hydrogens is 597 g/mol. The van der Waals surface area contributed by atoms with Crippen molar-refractivity contribution in [1.82, 2.24) is 9.55 Å². The van der Waals surface area contributed by atoms with Crippen LogP contribution in [0.1, 0.15) is 11.1 Å². The molecule has 0 fully saturated rings. The van der Waals surface area contributed by atoms with Crippen LogP contribution in [0.3, 0.4) is 0 Å². The van der Waals surface area contributed by atoms with Gasteiger partial charge in [-0.25, -0.2) is 4.98 Å². The quantitative estimate of drug-likeness (QED) is 0.190. The van der Waals surface area contributed by atoms with Gasteiger partial charge in [-0.1, -0.05) is 152 Å². The Morgan fingerprint density at radius 3 is 2.02 bits per heavy atom. The first-order chi connectivity index (χ1) is 24.3. The third-order valence-corrected chi connectivity index (χ3v) is 9.81. The molecule has 0 unspecified atom stereocenters. The van der Waals surface area contributed by atoms with E-state index in [9.17, 15) is 0 Å². The summed E-state index contributed by atoms with van der Waals surface area (Å²) in [5.74, 6) is 0.856. The summed E-state index contributed by atoms with van der Waals surface area (Å²) >= 11 is 0. The summed E-state index contributed by atoms with van der Waals surface area (Å²) in [7, 11) is 0. The van der Waals surface area contributed by atoms with Gasteiger partial charge >= 0.3 is 0 Å². The minimum Gasteiger partial charge on any atom is -0.455 e. The predicted molar refractivity (Wildman–Crippen MR) is 203 cm³/mol. The minimum atomic E-state index is 0.844. The number of hydrogen-bond donors (Lipinski definition) is 0. The number of fused-ring (bicyclic) bond motifs is 7. The Hall–Kier alpha value is -6.45. The summed E-state index contributed by atoms with van der Waals surface area (Å²) in [6, 6.07) is 60.4. The van der Waals surface area contributed by atoms with E-state index in [0.29, 0.717) is 0 Å². The highest BCUT2D eigenvalue weighted by Gasteiger charge is 2.24. The zero-order valence-corrected chi connectivity index (χ0v) is 26.7. The maximum absolute atomic E-state index is 6.84. The molecule has 10 rings (SSSR count). The molecule has 8 aromatic carbocycles. The van der Waals surface area contributed by atoms with Crippen LogP contribution in [0, 0.1) is 0 Å². The maximum atomic E-state index is 6.84. The third-order valence-electron chi connectivity index (χ3n) is 9.81. The Balaban J connectivity index is 1.29. The fourth-order valence-corrected chi connectivity index (χ4v) is 7.53. The van der Waals surface area contributed by atoms with E-state index in [1.165, 1.54) is 27.3 Å². The number of aromatic nitrogens is 2. The van der Waals surface area contributed by atoms with E-state index in [2.05, 4.69) is 174 Å². The van der Waals surface area contributed by atoms with Crippen molar-refractivity contribution >= 4 is 54.5 Å². The topological polar surface area (TPSA) is 31.0 Å². The van der Waals surface area contributed by atoms with Crippen LogP contribution in [0.5, 0.6) is 0 Å². The van der Waals surface area contributed by atoms with Crippen molar-refractivity contribution in [2.75, 3.05) is 0 Å². The third kappa shape index (κ3) is 4.47. The van der Waals surface area contributed by atoms with E-state index in [4.69, 9.17) is 9.40 Å². The Kier molecular flexibility index (Phi) is 6.25. The van der Waals surface area contributed by atoms with Crippen LogP contribution in [0.25, 0.3) is 82.7 Å². The highest BCUT2D eigenvalue weighted by molar-refractivity contribution is 6.12. The molecule has 3 nitrogen and oxygen atoms in total. The first kappa shape index (κ1) is 27.6. The van der Waals surface area contributed by atoms with E-state index in [1.54, 1.807) is 0 Å². The smallest absolute Gasteiger partial charge is 0.149 e. The molecule has 0 saturated carbocycles. The summed E-state index contributed by atoms with van der Waals surface area (Å²) in [5.41, 5.74) is 10.6. The molecule has 0 spiro atoms. The molecule has 10 aromatic rings. The fourth-order valence-electron chi connectivity index (χ4n) is 7.53. The normalized spacial score (nSPS) is 11.8. The van der Waals surface area contributed by atoms with Gasteiger partial charge in [-0.3, -0.25) is 4.57 Å². The second kappa shape index (κ2) is 11.1. The van der Waals surface area contributed by atoms with Crippen molar-refractivity contribution in [1.29, 1.82) is 0 Å². The Labute approximate surface area is 283 Å². The van der Waals surface area contributed by atoms with Crippen molar-refractivity contribution in [2.24, 2.45) is 0 Å². The van der Waals surface area contributed by atoms with E-state index in [1.807, 2.05) is 0 Å². The molecule has 3 heteroatoms. The molecule has 0 aliphatic rings. The fraction of sp³-hybridized carbons (Fsp3) is 0.0217. The lowest BCUT2D eigenvalue weighted by atomic mass is 9.97. The SMILES string of the molecule is c1ccc(Cc2ccc3c(c2)oc2c(-c4nc5c6ccccc6ccc5n4-c4c(-c5ccccc5)ccc5ccccc45)cccc23)cc1. The number of nitrogens with zero attached hydrogens (tertiary/aromatic N) is 2. The monoisotopic (exact) mass is 626 g/mol. The molecule has 2 heterocycles. The Bertz CT molecular complexity index is 2840. The van der Waals surface area contributed by atoms with Crippen LogP contribution < -0.4 is 0 Å². The van der Waals surface area contributed by atoms with Crippen LogP contribution >= 0.6 is 0 Å². The van der Waals surface area contributed by atoms with Crippen LogP contribution in [-0.2, 0) is 6.42 Å². The zero-order chi connectivity index (χ0) is 32.3. The molecule has 2 aromatic heterocycles. The second-order valence-corrected chi connectivity index (χ2v) is 12.8. The van der Waals surface area contributed by atoms with Gasteiger partial charge in [0.05, 0.1) is 22.3 Å². The minimum absolute atomic E-state index is 0.844. The first-order valence-corrected chi connectivity index (χ1v) is 16.8. The number of rotatable bonds is 5. The summed E-state index contributed by atoms with van der Waals surface area (Å²) in [5, 5.41) is 6.84.